The largest absolute Gasteiger partial charge is 0.428 e. The predicted octanol–water partition coefficient (Wildman–Crippen LogP) is 1.57. The average molecular weight is 275 g/mol. The maximum Gasteiger partial charge on any atom is 0.411 e. The van der Waals surface area contributed by atoms with E-state index in [9.17, 15) is 4.79 Å². The average Bonchev–Trinajstić information content (AvgIpc) is 2.97. The van der Waals surface area contributed by atoms with E-state index in [0.717, 1.165) is 13.0 Å². The van der Waals surface area contributed by atoms with Crippen molar-refractivity contribution in [2.75, 3.05) is 32.8 Å². The van der Waals surface area contributed by atoms with Gasteiger partial charge < -0.3 is 14.4 Å². The van der Waals surface area contributed by atoms with Crippen LogP contribution >= 0.6 is 0 Å². The summed E-state index contributed by atoms with van der Waals surface area (Å²) in [5.74, 6) is 0.182. The van der Waals surface area contributed by atoms with E-state index in [1.165, 1.54) is 5.56 Å². The smallest absolute Gasteiger partial charge is 0.411 e. The Kier molecular flexibility index (Phi) is 4.18. The molecule has 2 heterocycles. The first-order valence-corrected chi connectivity index (χ1v) is 7.09. The van der Waals surface area contributed by atoms with Gasteiger partial charge in [-0.05, 0) is 12.0 Å². The molecule has 3 rings (SSSR count). The summed E-state index contributed by atoms with van der Waals surface area (Å²) < 4.78 is 10.8. The van der Waals surface area contributed by atoms with Gasteiger partial charge in [0.05, 0.1) is 13.2 Å². The van der Waals surface area contributed by atoms with Gasteiger partial charge in [-0.15, -0.1) is 0 Å². The van der Waals surface area contributed by atoms with Crippen LogP contribution in [0.5, 0.6) is 0 Å². The molecule has 5 nitrogen and oxygen atoms in total. The highest BCUT2D eigenvalue weighted by Crippen LogP contribution is 2.29. The lowest BCUT2D eigenvalue weighted by Gasteiger charge is -2.28. The molecule has 1 amide bonds. The number of hydrogen-bond donors (Lipinski definition) is 0. The molecule has 0 aromatic heterocycles. The van der Waals surface area contributed by atoms with E-state index < -0.39 is 0 Å². The van der Waals surface area contributed by atoms with Crippen molar-refractivity contribution in [3.05, 3.63) is 35.9 Å². The highest BCUT2D eigenvalue weighted by Gasteiger charge is 2.33. The SMILES string of the molecule is O=C(O[C@H]1[N]CC[C@@H]1c1ccccc1)N1CCOCC1. The van der Waals surface area contributed by atoms with Crippen molar-refractivity contribution in [2.45, 2.75) is 18.6 Å². The Bertz CT molecular complexity index is 446. The van der Waals surface area contributed by atoms with E-state index in [1.54, 1.807) is 4.90 Å². The fourth-order valence-corrected chi connectivity index (χ4v) is 2.69. The van der Waals surface area contributed by atoms with Crippen LogP contribution in [0.15, 0.2) is 30.3 Å². The van der Waals surface area contributed by atoms with E-state index in [-0.39, 0.29) is 18.2 Å². The number of carbonyl (C=O) groups excluding carboxylic acids is 1. The monoisotopic (exact) mass is 275 g/mol. The predicted molar refractivity (Wildman–Crippen MR) is 73.5 cm³/mol. The molecule has 2 saturated heterocycles. The molecule has 2 atom stereocenters. The molecule has 0 aliphatic carbocycles. The highest BCUT2D eigenvalue weighted by molar-refractivity contribution is 5.68. The summed E-state index contributed by atoms with van der Waals surface area (Å²) in [6, 6.07) is 10.1. The zero-order valence-corrected chi connectivity index (χ0v) is 11.4. The minimum absolute atomic E-state index is 0.182. The second-order valence-corrected chi connectivity index (χ2v) is 5.09. The molecule has 20 heavy (non-hydrogen) atoms. The number of nitrogens with zero attached hydrogens (tertiary/aromatic N) is 2. The van der Waals surface area contributed by atoms with Crippen LogP contribution in [0.25, 0.3) is 0 Å². The number of rotatable bonds is 2. The van der Waals surface area contributed by atoms with Crippen molar-refractivity contribution in [1.82, 2.24) is 10.2 Å². The lowest BCUT2D eigenvalue weighted by molar-refractivity contribution is 0.00577. The maximum absolute atomic E-state index is 12.1. The van der Waals surface area contributed by atoms with Crippen molar-refractivity contribution in [3.63, 3.8) is 0 Å². The summed E-state index contributed by atoms with van der Waals surface area (Å²) in [6.07, 6.45) is 0.308. The fraction of sp³-hybridized carbons (Fsp3) is 0.533. The molecule has 1 aromatic carbocycles. The molecule has 0 unspecified atom stereocenters. The molecule has 107 valence electrons. The molecule has 2 aliphatic rings. The van der Waals surface area contributed by atoms with Gasteiger partial charge in [0.25, 0.3) is 0 Å². The van der Waals surface area contributed by atoms with Crippen molar-refractivity contribution in [3.8, 4) is 0 Å². The lowest BCUT2D eigenvalue weighted by atomic mass is 9.97. The number of morpholine rings is 1. The van der Waals surface area contributed by atoms with Crippen molar-refractivity contribution < 1.29 is 14.3 Å². The van der Waals surface area contributed by atoms with E-state index >= 15 is 0 Å². The molecular formula is C15H19N2O3. The van der Waals surface area contributed by atoms with Gasteiger partial charge in [-0.3, -0.25) is 0 Å². The Morgan fingerprint density at radius 3 is 2.75 bits per heavy atom. The third-order valence-corrected chi connectivity index (χ3v) is 3.81. The summed E-state index contributed by atoms with van der Waals surface area (Å²) in [5.41, 5.74) is 1.19. The van der Waals surface area contributed by atoms with Gasteiger partial charge in [0.1, 0.15) is 0 Å². The van der Waals surface area contributed by atoms with E-state index in [4.69, 9.17) is 9.47 Å². The summed E-state index contributed by atoms with van der Waals surface area (Å²) in [4.78, 5) is 13.8. The second kappa shape index (κ2) is 6.24. The van der Waals surface area contributed by atoms with Gasteiger partial charge >= 0.3 is 6.09 Å². The van der Waals surface area contributed by atoms with Crippen molar-refractivity contribution >= 4 is 6.09 Å². The maximum atomic E-state index is 12.1. The molecule has 1 aromatic rings. The number of benzene rings is 1. The Morgan fingerprint density at radius 2 is 2.00 bits per heavy atom. The number of carbonyl (C=O) groups is 1. The zero-order valence-electron chi connectivity index (χ0n) is 11.4. The van der Waals surface area contributed by atoms with Crippen LogP contribution in [0.3, 0.4) is 0 Å². The number of amides is 1. The third kappa shape index (κ3) is 2.94. The van der Waals surface area contributed by atoms with Gasteiger partial charge in [0.15, 0.2) is 6.23 Å². The number of ether oxygens (including phenoxy) is 2. The Morgan fingerprint density at radius 1 is 1.25 bits per heavy atom. The molecular weight excluding hydrogens is 256 g/mol. The molecule has 0 spiro atoms. The Labute approximate surface area is 118 Å². The van der Waals surface area contributed by atoms with Crippen LogP contribution in [0.4, 0.5) is 4.79 Å². The summed E-state index contributed by atoms with van der Waals surface area (Å²) >= 11 is 0. The molecule has 1 radical (unpaired) electrons. The Hall–Kier alpha value is -1.59. The van der Waals surface area contributed by atoms with Gasteiger partial charge in [-0.1, -0.05) is 30.3 Å². The topological polar surface area (TPSA) is 52.9 Å². The first kappa shape index (κ1) is 13.4. The normalized spacial score (nSPS) is 26.5. The molecule has 0 N–H and O–H groups in total. The van der Waals surface area contributed by atoms with E-state index in [0.29, 0.717) is 26.3 Å². The molecule has 0 bridgehead atoms. The molecule has 0 saturated carbocycles. The van der Waals surface area contributed by atoms with Crippen LogP contribution in [0.1, 0.15) is 17.9 Å². The summed E-state index contributed by atoms with van der Waals surface area (Å²) in [6.45, 7) is 3.11. The minimum Gasteiger partial charge on any atom is -0.428 e. The van der Waals surface area contributed by atoms with Gasteiger partial charge in [0.2, 0.25) is 0 Å². The van der Waals surface area contributed by atoms with Gasteiger partial charge in [0, 0.05) is 25.6 Å². The van der Waals surface area contributed by atoms with Crippen LogP contribution in [-0.2, 0) is 9.47 Å². The lowest BCUT2D eigenvalue weighted by Crippen LogP contribution is -2.43. The highest BCUT2D eigenvalue weighted by atomic mass is 16.6. The molecule has 2 aliphatic heterocycles. The molecule has 5 heteroatoms. The van der Waals surface area contributed by atoms with Crippen LogP contribution in [0, 0.1) is 0 Å². The first-order valence-electron chi connectivity index (χ1n) is 7.09. The van der Waals surface area contributed by atoms with Gasteiger partial charge in [-0.25, -0.2) is 4.79 Å². The minimum atomic E-state index is -0.354. The number of hydrogen-bond acceptors (Lipinski definition) is 3. The third-order valence-electron chi connectivity index (χ3n) is 3.81. The van der Waals surface area contributed by atoms with E-state index in [1.807, 2.05) is 18.2 Å². The standard InChI is InChI=1S/C15H19N2O3/c18-15(17-8-10-19-11-9-17)20-14-13(6-7-16-14)12-4-2-1-3-5-12/h1-5,13-14H,6-11H2/t13-,14-/m1/s1. The fourth-order valence-electron chi connectivity index (χ4n) is 2.69. The van der Waals surface area contributed by atoms with Crippen LogP contribution in [0.2, 0.25) is 0 Å². The quantitative estimate of drug-likeness (QED) is 0.823. The van der Waals surface area contributed by atoms with Crippen LogP contribution < -0.4 is 5.32 Å². The van der Waals surface area contributed by atoms with Crippen molar-refractivity contribution in [1.29, 1.82) is 0 Å². The van der Waals surface area contributed by atoms with E-state index in [2.05, 4.69) is 17.4 Å². The zero-order chi connectivity index (χ0) is 13.8. The summed E-state index contributed by atoms with van der Waals surface area (Å²) in [7, 11) is 0. The Balaban J connectivity index is 1.62. The second-order valence-electron chi connectivity index (χ2n) is 5.09. The summed E-state index contributed by atoms with van der Waals surface area (Å²) in [5, 5.41) is 4.43. The van der Waals surface area contributed by atoms with Crippen LogP contribution in [-0.4, -0.2) is 50.1 Å². The molecule has 2 fully saturated rings. The van der Waals surface area contributed by atoms with Crippen molar-refractivity contribution in [2.24, 2.45) is 0 Å². The van der Waals surface area contributed by atoms with Gasteiger partial charge in [-0.2, -0.15) is 5.32 Å². The first-order chi connectivity index (χ1) is 9.84.